The van der Waals surface area contributed by atoms with Crippen LogP contribution in [0.1, 0.15) is 51.4 Å². The minimum atomic E-state index is 0.563. The smallest absolute Gasteiger partial charge is 0.0512 e. The van der Waals surface area contributed by atoms with Crippen molar-refractivity contribution in [3.05, 3.63) is 0 Å². The molecule has 4 rings (SSSR count). The fourth-order valence-corrected chi connectivity index (χ4v) is 5.36. The van der Waals surface area contributed by atoms with Crippen molar-refractivity contribution in [1.82, 2.24) is 9.80 Å². The van der Waals surface area contributed by atoms with Crippen LogP contribution in [-0.2, 0) is 4.74 Å². The Kier molecular flexibility index (Phi) is 4.49. The van der Waals surface area contributed by atoms with Crippen molar-refractivity contribution in [2.45, 2.75) is 57.4 Å². The van der Waals surface area contributed by atoms with Crippen molar-refractivity contribution < 1.29 is 4.74 Å². The van der Waals surface area contributed by atoms with Crippen molar-refractivity contribution in [3.63, 3.8) is 0 Å². The van der Waals surface area contributed by atoms with Crippen molar-refractivity contribution in [2.75, 3.05) is 46.4 Å². The van der Waals surface area contributed by atoms with Gasteiger partial charge in [-0.3, -0.25) is 0 Å². The molecule has 0 N–H and O–H groups in total. The second-order valence-corrected chi connectivity index (χ2v) is 8.71. The molecule has 0 aromatic carbocycles. The van der Waals surface area contributed by atoms with Crippen LogP contribution < -0.4 is 0 Å². The van der Waals surface area contributed by atoms with E-state index in [1.54, 1.807) is 0 Å². The quantitative estimate of drug-likeness (QED) is 0.776. The first-order chi connectivity index (χ1) is 10.8. The van der Waals surface area contributed by atoms with Crippen LogP contribution in [0.2, 0.25) is 0 Å². The van der Waals surface area contributed by atoms with Gasteiger partial charge in [0.25, 0.3) is 0 Å². The zero-order valence-electron chi connectivity index (χ0n) is 14.4. The molecule has 4 fully saturated rings. The molecule has 2 saturated heterocycles. The Hall–Kier alpha value is -0.120. The molecule has 0 amide bonds. The van der Waals surface area contributed by atoms with Crippen molar-refractivity contribution in [3.8, 4) is 0 Å². The average molecular weight is 306 g/mol. The van der Waals surface area contributed by atoms with Gasteiger partial charge in [0.2, 0.25) is 0 Å². The van der Waals surface area contributed by atoms with E-state index in [0.717, 1.165) is 31.1 Å². The van der Waals surface area contributed by atoms with Gasteiger partial charge < -0.3 is 14.5 Å². The molecule has 0 unspecified atom stereocenters. The Labute approximate surface area is 136 Å². The van der Waals surface area contributed by atoms with Crippen LogP contribution in [0.5, 0.6) is 0 Å². The summed E-state index contributed by atoms with van der Waals surface area (Å²) in [5.41, 5.74) is 0.563. The van der Waals surface area contributed by atoms with Gasteiger partial charge in [0.1, 0.15) is 0 Å². The number of likely N-dealkylation sites (tertiary alicyclic amines) is 2. The molecule has 0 aromatic rings. The van der Waals surface area contributed by atoms with E-state index < -0.39 is 0 Å². The molecule has 126 valence electrons. The van der Waals surface area contributed by atoms with E-state index in [0.29, 0.717) is 5.41 Å². The molecule has 3 nitrogen and oxygen atoms in total. The first kappa shape index (κ1) is 15.4. The van der Waals surface area contributed by atoms with Gasteiger partial charge in [-0.05, 0) is 70.0 Å². The normalized spacial score (nSPS) is 34.0. The van der Waals surface area contributed by atoms with Crippen molar-refractivity contribution in [2.24, 2.45) is 17.3 Å². The summed E-state index contributed by atoms with van der Waals surface area (Å²) < 4.78 is 6.10. The summed E-state index contributed by atoms with van der Waals surface area (Å²) in [5, 5.41) is 0. The van der Waals surface area contributed by atoms with Crippen LogP contribution in [0.4, 0.5) is 0 Å². The molecule has 22 heavy (non-hydrogen) atoms. The second kappa shape index (κ2) is 6.41. The minimum absolute atomic E-state index is 0.563. The van der Waals surface area contributed by atoms with E-state index >= 15 is 0 Å². The Morgan fingerprint density at radius 3 is 2.41 bits per heavy atom. The summed E-state index contributed by atoms with van der Waals surface area (Å²) in [7, 11) is 2.31. The Morgan fingerprint density at radius 2 is 1.73 bits per heavy atom. The summed E-state index contributed by atoms with van der Waals surface area (Å²) in [6.07, 6.45) is 11.5. The molecule has 0 aromatic heterocycles. The summed E-state index contributed by atoms with van der Waals surface area (Å²) in [4.78, 5) is 5.38. The average Bonchev–Trinajstić information content (AvgIpc) is 3.07. The summed E-state index contributed by atoms with van der Waals surface area (Å²) in [6, 6.07) is 0.918. The van der Waals surface area contributed by atoms with Crippen molar-refractivity contribution >= 4 is 0 Å². The molecule has 2 heterocycles. The molecule has 2 aliphatic carbocycles. The number of hydrogen-bond acceptors (Lipinski definition) is 3. The van der Waals surface area contributed by atoms with Gasteiger partial charge >= 0.3 is 0 Å². The molecular weight excluding hydrogens is 272 g/mol. The minimum Gasteiger partial charge on any atom is -0.381 e. The predicted molar refractivity (Wildman–Crippen MR) is 90.0 cm³/mol. The lowest BCUT2D eigenvalue weighted by atomic mass is 9.71. The van der Waals surface area contributed by atoms with Crippen LogP contribution in [0.15, 0.2) is 0 Å². The molecule has 3 heteroatoms. The Balaban J connectivity index is 1.32. The van der Waals surface area contributed by atoms with Crippen molar-refractivity contribution in [1.29, 1.82) is 0 Å². The van der Waals surface area contributed by atoms with E-state index in [1.165, 1.54) is 77.5 Å². The van der Waals surface area contributed by atoms with E-state index in [9.17, 15) is 0 Å². The third kappa shape index (κ3) is 3.22. The van der Waals surface area contributed by atoms with Crippen LogP contribution in [0.25, 0.3) is 0 Å². The van der Waals surface area contributed by atoms with Gasteiger partial charge in [-0.25, -0.2) is 0 Å². The Bertz CT molecular complexity index is 368. The maximum absolute atomic E-state index is 6.10. The fraction of sp³-hybridized carbons (Fsp3) is 1.00. The van der Waals surface area contributed by atoms with Gasteiger partial charge in [0.05, 0.1) is 6.61 Å². The van der Waals surface area contributed by atoms with Crippen LogP contribution in [-0.4, -0.2) is 62.3 Å². The third-order valence-corrected chi connectivity index (χ3v) is 6.99. The van der Waals surface area contributed by atoms with E-state index in [4.69, 9.17) is 4.74 Å². The van der Waals surface area contributed by atoms with Crippen LogP contribution >= 0.6 is 0 Å². The molecule has 2 aliphatic heterocycles. The lowest BCUT2D eigenvalue weighted by molar-refractivity contribution is 0.00914. The maximum Gasteiger partial charge on any atom is 0.0512 e. The molecule has 0 bridgehead atoms. The highest BCUT2D eigenvalue weighted by Gasteiger charge is 2.47. The third-order valence-electron chi connectivity index (χ3n) is 6.99. The lowest BCUT2D eigenvalue weighted by Crippen LogP contribution is -2.48. The van der Waals surface area contributed by atoms with Gasteiger partial charge in [0.15, 0.2) is 0 Å². The van der Waals surface area contributed by atoms with Gasteiger partial charge in [-0.2, -0.15) is 0 Å². The molecular formula is C19H34N2O. The molecule has 1 spiro atoms. The fourth-order valence-electron chi connectivity index (χ4n) is 5.36. The first-order valence-corrected chi connectivity index (χ1v) is 9.75. The highest BCUT2D eigenvalue weighted by atomic mass is 16.5. The van der Waals surface area contributed by atoms with E-state index in [1.807, 2.05) is 0 Å². The summed E-state index contributed by atoms with van der Waals surface area (Å²) in [5.74, 6) is 1.68. The molecule has 4 aliphatic rings. The number of rotatable bonds is 5. The highest BCUT2D eigenvalue weighted by Crippen LogP contribution is 2.45. The van der Waals surface area contributed by atoms with Crippen LogP contribution in [0, 0.1) is 17.3 Å². The first-order valence-electron chi connectivity index (χ1n) is 9.75. The topological polar surface area (TPSA) is 15.7 Å². The summed E-state index contributed by atoms with van der Waals surface area (Å²) in [6.45, 7) is 7.31. The number of hydrogen-bond donors (Lipinski definition) is 0. The second-order valence-electron chi connectivity index (χ2n) is 8.71. The largest absolute Gasteiger partial charge is 0.381 e. The zero-order valence-corrected chi connectivity index (χ0v) is 14.4. The van der Waals surface area contributed by atoms with E-state index in [-0.39, 0.29) is 0 Å². The number of nitrogens with zero attached hydrogens (tertiary/aromatic N) is 2. The summed E-state index contributed by atoms with van der Waals surface area (Å²) >= 11 is 0. The highest BCUT2D eigenvalue weighted by molar-refractivity contribution is 4.99. The van der Waals surface area contributed by atoms with Crippen LogP contribution in [0.3, 0.4) is 0 Å². The van der Waals surface area contributed by atoms with Gasteiger partial charge in [-0.1, -0.05) is 12.8 Å². The van der Waals surface area contributed by atoms with Gasteiger partial charge in [-0.15, -0.1) is 0 Å². The SMILES string of the molecule is CN1C[C@@H](COCC2CC2)C2(CCN(C3CCCC3)CC2)C1. The van der Waals surface area contributed by atoms with Gasteiger partial charge in [0, 0.05) is 31.7 Å². The lowest BCUT2D eigenvalue weighted by Gasteiger charge is -2.44. The molecule has 1 atom stereocenters. The Morgan fingerprint density at radius 1 is 1.00 bits per heavy atom. The monoisotopic (exact) mass is 306 g/mol. The standard InChI is InChI=1S/C19H34N2O/c1-20-12-17(14-22-13-16-6-7-16)19(15-20)8-10-21(11-9-19)18-4-2-3-5-18/h16-18H,2-15H2,1H3/t17-/m0/s1. The zero-order chi connectivity index (χ0) is 15.0. The molecule has 2 saturated carbocycles. The number of piperidine rings is 1. The maximum atomic E-state index is 6.10. The number of ether oxygens (including phenoxy) is 1. The van der Waals surface area contributed by atoms with E-state index in [2.05, 4.69) is 16.8 Å². The molecule has 0 radical (unpaired) electrons. The predicted octanol–water partition coefficient (Wildman–Crippen LogP) is 3.00.